The van der Waals surface area contributed by atoms with Gasteiger partial charge in [-0.15, -0.1) is 0 Å². The predicted molar refractivity (Wildman–Crippen MR) is 181 cm³/mol. The molecular weight excluding hydrogens is 587 g/mol. The van der Waals surface area contributed by atoms with Crippen molar-refractivity contribution < 1.29 is 27.9 Å². The maximum absolute atomic E-state index is 14.0. The van der Waals surface area contributed by atoms with Crippen LogP contribution in [-0.4, -0.2) is 43.8 Å². The molecular formula is C36H47FN2O5Si. The van der Waals surface area contributed by atoms with Crippen molar-refractivity contribution in [2.45, 2.75) is 91.1 Å². The number of ether oxygens (including phenoxy) is 1. The fourth-order valence-electron chi connectivity index (χ4n) is 5.08. The molecule has 0 aliphatic carbocycles. The molecule has 3 rings (SSSR count). The van der Waals surface area contributed by atoms with E-state index in [0.717, 1.165) is 16.7 Å². The first kappa shape index (κ1) is 35.7. The van der Waals surface area contributed by atoms with E-state index in [0.29, 0.717) is 23.6 Å². The van der Waals surface area contributed by atoms with Crippen LogP contribution in [0.15, 0.2) is 60.7 Å². The number of halogens is 1. The first-order chi connectivity index (χ1) is 21.1. The molecule has 1 atom stereocenters. The summed E-state index contributed by atoms with van der Waals surface area (Å²) in [4.78, 5) is 39.6. The van der Waals surface area contributed by atoms with Gasteiger partial charge in [0.25, 0.3) is 5.91 Å². The van der Waals surface area contributed by atoms with Gasteiger partial charge in [0.1, 0.15) is 11.5 Å². The van der Waals surface area contributed by atoms with E-state index in [1.165, 1.54) is 25.3 Å². The van der Waals surface area contributed by atoms with Gasteiger partial charge in [-0.3, -0.25) is 14.4 Å². The minimum atomic E-state index is -2.30. The van der Waals surface area contributed by atoms with Crippen LogP contribution in [-0.2, 0) is 25.3 Å². The minimum Gasteiger partial charge on any atom is -0.469 e. The first-order valence-electron chi connectivity index (χ1n) is 15.4. The van der Waals surface area contributed by atoms with Crippen molar-refractivity contribution in [2.24, 2.45) is 0 Å². The van der Waals surface area contributed by atoms with Crippen molar-refractivity contribution in [3.8, 4) is 11.1 Å². The summed E-state index contributed by atoms with van der Waals surface area (Å²) >= 11 is 0. The van der Waals surface area contributed by atoms with Crippen molar-refractivity contribution in [1.29, 1.82) is 0 Å². The van der Waals surface area contributed by atoms with Crippen LogP contribution in [0.4, 0.5) is 10.1 Å². The Balaban J connectivity index is 2.11. The number of para-hydroxylation sites is 1. The van der Waals surface area contributed by atoms with Gasteiger partial charge < -0.3 is 19.0 Å². The fourth-order valence-corrected chi connectivity index (χ4v) is 6.43. The van der Waals surface area contributed by atoms with Crippen molar-refractivity contribution in [3.05, 3.63) is 83.4 Å². The molecule has 0 saturated carbocycles. The molecule has 0 radical (unpaired) electrons. The number of allylic oxidation sites excluding steroid dienone is 1. The van der Waals surface area contributed by atoms with Crippen LogP contribution < -0.4 is 5.32 Å². The van der Waals surface area contributed by atoms with Gasteiger partial charge in [-0.05, 0) is 78.5 Å². The number of hydrogen-bond acceptors (Lipinski definition) is 5. The van der Waals surface area contributed by atoms with Gasteiger partial charge in [-0.25, -0.2) is 4.39 Å². The van der Waals surface area contributed by atoms with Crippen LogP contribution in [0.5, 0.6) is 0 Å². The van der Waals surface area contributed by atoms with Gasteiger partial charge in [0.05, 0.1) is 19.6 Å². The van der Waals surface area contributed by atoms with Crippen molar-refractivity contribution in [1.82, 2.24) is 4.57 Å². The van der Waals surface area contributed by atoms with Gasteiger partial charge >= 0.3 is 5.97 Å². The number of rotatable bonds is 13. The maximum atomic E-state index is 14.0. The highest BCUT2D eigenvalue weighted by Crippen LogP contribution is 2.40. The summed E-state index contributed by atoms with van der Waals surface area (Å²) in [5.74, 6) is -1.38. The monoisotopic (exact) mass is 634 g/mol. The summed E-state index contributed by atoms with van der Waals surface area (Å²) in [6, 6.07) is 15.4. The largest absolute Gasteiger partial charge is 0.469 e. The van der Waals surface area contributed by atoms with E-state index in [-0.39, 0.29) is 41.3 Å². The van der Waals surface area contributed by atoms with Crippen LogP contribution in [0.3, 0.4) is 0 Å². The average Bonchev–Trinajstić information content (AvgIpc) is 3.30. The summed E-state index contributed by atoms with van der Waals surface area (Å²) in [7, 11) is -0.978. The van der Waals surface area contributed by atoms with Gasteiger partial charge in [-0.1, -0.05) is 65.0 Å². The van der Waals surface area contributed by atoms with E-state index in [2.05, 4.69) is 39.2 Å². The second kappa shape index (κ2) is 15.0. The third-order valence-corrected chi connectivity index (χ3v) is 12.9. The molecule has 0 spiro atoms. The molecule has 1 amide bonds. The zero-order chi connectivity index (χ0) is 33.5. The highest BCUT2D eigenvalue weighted by Gasteiger charge is 2.40. The lowest BCUT2D eigenvalue weighted by Gasteiger charge is -2.39. The molecule has 0 saturated heterocycles. The number of carbonyl (C=O) groups excluding carboxylic acids is 3. The topological polar surface area (TPSA) is 86.6 Å². The smallest absolute Gasteiger partial charge is 0.308 e. The molecule has 45 heavy (non-hydrogen) atoms. The average molecular weight is 635 g/mol. The SMILES string of the molecule is CCn1c(/C=C/C(=O)C[C@H](CC(=O)OC)O[Si](C)(C)C(C)(C)C)c(-c2ccc(F)cc2)c(C(C)C)c1C(=O)Nc1ccccc1. The Hall–Kier alpha value is -3.82. The molecule has 3 aromatic rings. The summed E-state index contributed by atoms with van der Waals surface area (Å²) in [5.41, 5.74) is 4.10. The van der Waals surface area contributed by atoms with E-state index in [4.69, 9.17) is 9.16 Å². The molecule has 1 aromatic heterocycles. The van der Waals surface area contributed by atoms with Crippen LogP contribution in [0.25, 0.3) is 17.2 Å². The van der Waals surface area contributed by atoms with Gasteiger partial charge in [0, 0.05) is 29.9 Å². The molecule has 0 bridgehead atoms. The minimum absolute atomic E-state index is 0.00475. The van der Waals surface area contributed by atoms with E-state index in [9.17, 15) is 18.8 Å². The lowest BCUT2D eigenvalue weighted by atomic mass is 9.92. The third-order valence-electron chi connectivity index (χ3n) is 8.36. The molecule has 2 aromatic carbocycles. The van der Waals surface area contributed by atoms with Crippen LogP contribution >= 0.6 is 0 Å². The Morgan fingerprint density at radius 2 is 1.62 bits per heavy atom. The number of benzene rings is 2. The van der Waals surface area contributed by atoms with E-state index in [1.54, 1.807) is 18.2 Å². The number of hydrogen-bond donors (Lipinski definition) is 1. The van der Waals surface area contributed by atoms with Gasteiger partial charge in [-0.2, -0.15) is 0 Å². The number of amides is 1. The second-order valence-corrected chi connectivity index (χ2v) is 17.8. The molecule has 0 unspecified atom stereocenters. The molecule has 0 aliphatic rings. The van der Waals surface area contributed by atoms with Crippen molar-refractivity contribution in [2.75, 3.05) is 12.4 Å². The van der Waals surface area contributed by atoms with E-state index >= 15 is 0 Å². The lowest BCUT2D eigenvalue weighted by Crippen LogP contribution is -2.44. The highest BCUT2D eigenvalue weighted by atomic mass is 28.4. The van der Waals surface area contributed by atoms with E-state index < -0.39 is 20.4 Å². The molecule has 7 nitrogen and oxygen atoms in total. The normalized spacial score (nSPS) is 12.9. The lowest BCUT2D eigenvalue weighted by molar-refractivity contribution is -0.142. The van der Waals surface area contributed by atoms with Crippen molar-refractivity contribution in [3.63, 3.8) is 0 Å². The number of ketones is 1. The molecule has 0 fully saturated rings. The molecule has 0 aliphatic heterocycles. The first-order valence-corrected chi connectivity index (χ1v) is 18.3. The predicted octanol–water partition coefficient (Wildman–Crippen LogP) is 8.62. The van der Waals surface area contributed by atoms with E-state index in [1.807, 2.05) is 55.7 Å². The Bertz CT molecular complexity index is 1520. The standard InChI is InChI=1S/C36H47FN2O5Si/c1-10-39-30(21-20-28(40)22-29(23-31(41)43-7)44-45(8,9)36(4,5)6)33(25-16-18-26(37)19-17-25)32(24(2)3)34(39)35(42)38-27-14-12-11-13-15-27/h11-21,24,29H,10,22-23H2,1-9H3,(H,38,42)/b21-20+/t29-/m1/s1. The molecule has 1 heterocycles. The third kappa shape index (κ3) is 8.89. The summed E-state index contributed by atoms with van der Waals surface area (Å²) in [6.07, 6.45) is 2.53. The fraction of sp³-hybridized carbons (Fsp3) is 0.417. The molecule has 242 valence electrons. The summed E-state index contributed by atoms with van der Waals surface area (Å²) in [6.45, 7) is 16.9. The highest BCUT2D eigenvalue weighted by molar-refractivity contribution is 6.74. The van der Waals surface area contributed by atoms with Crippen LogP contribution in [0.1, 0.15) is 82.0 Å². The Morgan fingerprint density at radius 1 is 1.00 bits per heavy atom. The molecule has 9 heteroatoms. The summed E-state index contributed by atoms with van der Waals surface area (Å²) in [5, 5.41) is 2.90. The Morgan fingerprint density at radius 3 is 2.16 bits per heavy atom. The number of nitrogens with zero attached hydrogens (tertiary/aromatic N) is 1. The van der Waals surface area contributed by atoms with Crippen LogP contribution in [0.2, 0.25) is 18.1 Å². The number of methoxy groups -OCH3 is 1. The Kier molecular flexibility index (Phi) is 11.9. The summed E-state index contributed by atoms with van der Waals surface area (Å²) < 4.78 is 27.3. The number of esters is 1. The van der Waals surface area contributed by atoms with Gasteiger partial charge in [0.15, 0.2) is 14.1 Å². The number of anilines is 1. The molecule has 1 N–H and O–H groups in total. The maximum Gasteiger partial charge on any atom is 0.308 e. The second-order valence-electron chi connectivity index (χ2n) is 13.0. The number of carbonyl (C=O) groups is 3. The Labute approximate surface area is 268 Å². The zero-order valence-corrected chi connectivity index (χ0v) is 29.0. The zero-order valence-electron chi connectivity index (χ0n) is 28.0. The number of nitrogens with one attached hydrogen (secondary N) is 1. The quantitative estimate of drug-likeness (QED) is 0.116. The van der Waals surface area contributed by atoms with Gasteiger partial charge in [0.2, 0.25) is 0 Å². The van der Waals surface area contributed by atoms with Crippen LogP contribution in [0, 0.1) is 5.82 Å². The number of aromatic nitrogens is 1. The van der Waals surface area contributed by atoms with Crippen molar-refractivity contribution >= 4 is 37.7 Å².